The zero-order valence-electron chi connectivity index (χ0n) is 29.8. The molecule has 1 aliphatic carbocycles. The molecule has 3 aliphatic rings. The molecule has 260 valence electrons. The molecule has 55 heavy (non-hydrogen) atoms. The molecular formula is C50H31ClN2OS. The minimum atomic E-state index is -0.554. The molecule has 1 spiro atoms. The van der Waals surface area contributed by atoms with E-state index in [-0.39, 0.29) is 0 Å². The molecule has 5 heteroatoms. The van der Waals surface area contributed by atoms with Crippen LogP contribution >= 0.6 is 23.4 Å². The van der Waals surface area contributed by atoms with Crippen molar-refractivity contribution in [3.8, 4) is 11.1 Å². The molecule has 0 radical (unpaired) electrons. The maximum absolute atomic E-state index is 6.52. The largest absolute Gasteiger partial charge is 0.456 e. The van der Waals surface area contributed by atoms with Crippen LogP contribution in [-0.4, -0.2) is 0 Å². The van der Waals surface area contributed by atoms with Gasteiger partial charge in [-0.15, -0.1) is 0 Å². The van der Waals surface area contributed by atoms with E-state index in [1.165, 1.54) is 65.8 Å². The third-order valence-corrected chi connectivity index (χ3v) is 13.1. The standard InChI is InChI=1S/C50H31ClN2OS/c1-30-18-22-35-36-23-20-34(52(32-10-3-2-4-11-32)33-21-25-46-38(28-33)37-27-31(51)19-24-45(37)54-46)29-42(36)50(41(35)26-30)39-12-5-6-14-43(39)53-44-15-7-8-16-47(44)55-48-17-9-13-40(50)49(48)53/h2-29H,1H3. The molecule has 3 heterocycles. The van der Waals surface area contributed by atoms with Crippen LogP contribution in [0.15, 0.2) is 184 Å². The Bertz CT molecular complexity index is 3080. The number of aryl methyl sites for hydroxylation is 1. The molecule has 0 bridgehead atoms. The molecule has 12 rings (SSSR count). The lowest BCUT2D eigenvalue weighted by Gasteiger charge is -2.47. The first-order valence-electron chi connectivity index (χ1n) is 18.6. The van der Waals surface area contributed by atoms with E-state index in [1.807, 2.05) is 30.0 Å². The van der Waals surface area contributed by atoms with E-state index in [0.29, 0.717) is 5.02 Å². The van der Waals surface area contributed by atoms with Crippen LogP contribution in [0.4, 0.5) is 34.1 Å². The summed E-state index contributed by atoms with van der Waals surface area (Å²) in [5.41, 5.74) is 17.1. The van der Waals surface area contributed by atoms with Crippen molar-refractivity contribution in [2.75, 3.05) is 9.80 Å². The third kappa shape index (κ3) is 4.24. The lowest BCUT2D eigenvalue weighted by atomic mass is 9.64. The van der Waals surface area contributed by atoms with E-state index in [4.69, 9.17) is 16.0 Å². The van der Waals surface area contributed by atoms with Crippen molar-refractivity contribution in [3.05, 3.63) is 203 Å². The second-order valence-corrected chi connectivity index (χ2v) is 16.2. The molecule has 2 aliphatic heterocycles. The number of halogens is 1. The smallest absolute Gasteiger partial charge is 0.135 e. The number of hydrogen-bond donors (Lipinski definition) is 0. The van der Waals surface area contributed by atoms with Gasteiger partial charge in [-0.1, -0.05) is 114 Å². The molecule has 8 aromatic carbocycles. The summed E-state index contributed by atoms with van der Waals surface area (Å²) in [6.07, 6.45) is 0. The summed E-state index contributed by atoms with van der Waals surface area (Å²) in [5, 5.41) is 2.73. The van der Waals surface area contributed by atoms with Crippen LogP contribution in [0.3, 0.4) is 0 Å². The van der Waals surface area contributed by atoms with Crippen LogP contribution in [0.5, 0.6) is 0 Å². The van der Waals surface area contributed by atoms with Gasteiger partial charge >= 0.3 is 0 Å². The van der Waals surface area contributed by atoms with Gasteiger partial charge in [0, 0.05) is 42.6 Å². The van der Waals surface area contributed by atoms with Crippen molar-refractivity contribution < 1.29 is 4.42 Å². The minimum Gasteiger partial charge on any atom is -0.456 e. The van der Waals surface area contributed by atoms with Crippen LogP contribution in [0.1, 0.15) is 27.8 Å². The molecule has 1 atom stereocenters. The second kappa shape index (κ2) is 11.4. The van der Waals surface area contributed by atoms with E-state index in [2.05, 4.69) is 168 Å². The fourth-order valence-electron chi connectivity index (χ4n) is 9.53. The summed E-state index contributed by atoms with van der Waals surface area (Å²) < 4.78 is 6.27. The van der Waals surface area contributed by atoms with E-state index in [9.17, 15) is 0 Å². The number of anilines is 6. The fourth-order valence-corrected chi connectivity index (χ4v) is 10.8. The monoisotopic (exact) mass is 742 g/mol. The first kappa shape index (κ1) is 31.2. The van der Waals surface area contributed by atoms with E-state index in [0.717, 1.165) is 39.0 Å². The molecule has 9 aromatic rings. The number of furan rings is 1. The number of nitrogens with zero attached hydrogens (tertiary/aromatic N) is 2. The summed E-state index contributed by atoms with van der Waals surface area (Å²) in [5.74, 6) is 0. The number of fused-ring (bicyclic) bond motifs is 14. The van der Waals surface area contributed by atoms with E-state index < -0.39 is 5.41 Å². The Kier molecular flexibility index (Phi) is 6.47. The Balaban J connectivity index is 1.15. The third-order valence-electron chi connectivity index (χ3n) is 11.7. The minimum absolute atomic E-state index is 0.554. The van der Waals surface area contributed by atoms with Gasteiger partial charge in [-0.05, 0) is 125 Å². The maximum Gasteiger partial charge on any atom is 0.135 e. The predicted octanol–water partition coefficient (Wildman–Crippen LogP) is 14.6. The average Bonchev–Trinajstić information content (AvgIpc) is 3.72. The Labute approximate surface area is 328 Å². The van der Waals surface area contributed by atoms with Gasteiger partial charge in [-0.2, -0.15) is 0 Å². The predicted molar refractivity (Wildman–Crippen MR) is 228 cm³/mol. The van der Waals surface area contributed by atoms with Crippen LogP contribution < -0.4 is 9.80 Å². The van der Waals surface area contributed by atoms with E-state index in [1.54, 1.807) is 0 Å². The van der Waals surface area contributed by atoms with Gasteiger partial charge < -0.3 is 14.2 Å². The van der Waals surface area contributed by atoms with Gasteiger partial charge in [0.25, 0.3) is 0 Å². The van der Waals surface area contributed by atoms with Crippen molar-refractivity contribution in [2.24, 2.45) is 0 Å². The summed E-state index contributed by atoms with van der Waals surface area (Å²) in [6, 6.07) is 61.9. The quantitative estimate of drug-likeness (QED) is 0.179. The van der Waals surface area contributed by atoms with Gasteiger partial charge in [-0.25, -0.2) is 0 Å². The highest BCUT2D eigenvalue weighted by molar-refractivity contribution is 7.99. The lowest BCUT2D eigenvalue weighted by molar-refractivity contribution is 0.669. The number of rotatable bonds is 3. The molecule has 0 N–H and O–H groups in total. The van der Waals surface area contributed by atoms with Crippen molar-refractivity contribution >= 4 is 79.4 Å². The molecule has 1 unspecified atom stereocenters. The van der Waals surface area contributed by atoms with Crippen molar-refractivity contribution in [1.29, 1.82) is 0 Å². The Hall–Kier alpha value is -6.20. The molecule has 0 saturated heterocycles. The highest BCUT2D eigenvalue weighted by Gasteiger charge is 2.53. The topological polar surface area (TPSA) is 19.6 Å². The number of hydrogen-bond acceptors (Lipinski definition) is 4. The van der Waals surface area contributed by atoms with E-state index >= 15 is 0 Å². The van der Waals surface area contributed by atoms with Gasteiger partial charge in [0.1, 0.15) is 11.2 Å². The van der Waals surface area contributed by atoms with Crippen molar-refractivity contribution in [1.82, 2.24) is 0 Å². The molecule has 0 amide bonds. The maximum atomic E-state index is 6.52. The van der Waals surface area contributed by atoms with Gasteiger partial charge in [0.2, 0.25) is 0 Å². The van der Waals surface area contributed by atoms with Crippen molar-refractivity contribution in [2.45, 2.75) is 22.1 Å². The second-order valence-electron chi connectivity index (χ2n) is 14.7. The summed E-state index contributed by atoms with van der Waals surface area (Å²) in [4.78, 5) is 7.43. The lowest BCUT2D eigenvalue weighted by Crippen LogP contribution is -2.37. The zero-order valence-corrected chi connectivity index (χ0v) is 31.3. The fraction of sp³-hybridized carbons (Fsp3) is 0.0400. The average molecular weight is 743 g/mol. The highest BCUT2D eigenvalue weighted by atomic mass is 35.5. The number of benzene rings is 8. The molecular weight excluding hydrogens is 712 g/mol. The SMILES string of the molecule is Cc1ccc2c(c1)C1(c3cc(N(c4ccccc4)c4ccc5oc6ccc(Cl)cc6c5c4)ccc3-2)c2ccccc2N2c3ccccc3Sc3cccc1c32. The summed E-state index contributed by atoms with van der Waals surface area (Å²) >= 11 is 8.39. The van der Waals surface area contributed by atoms with Gasteiger partial charge in [0.15, 0.2) is 0 Å². The Morgan fingerprint density at radius 1 is 0.527 bits per heavy atom. The molecule has 0 fully saturated rings. The van der Waals surface area contributed by atoms with Crippen LogP contribution in [0.2, 0.25) is 5.02 Å². The zero-order chi connectivity index (χ0) is 36.4. The molecule has 0 saturated carbocycles. The van der Waals surface area contributed by atoms with Crippen LogP contribution in [0, 0.1) is 6.92 Å². The first-order chi connectivity index (χ1) is 27.1. The molecule has 1 aromatic heterocycles. The number of para-hydroxylation sites is 4. The summed E-state index contributed by atoms with van der Waals surface area (Å²) in [6.45, 7) is 2.22. The normalized spacial score (nSPS) is 15.8. The van der Waals surface area contributed by atoms with Gasteiger partial charge in [-0.3, -0.25) is 0 Å². The van der Waals surface area contributed by atoms with Crippen molar-refractivity contribution in [3.63, 3.8) is 0 Å². The molecule has 3 nitrogen and oxygen atoms in total. The first-order valence-corrected chi connectivity index (χ1v) is 19.8. The highest BCUT2D eigenvalue weighted by Crippen LogP contribution is 2.67. The Morgan fingerprint density at radius 3 is 2.05 bits per heavy atom. The van der Waals surface area contributed by atoms with Crippen LogP contribution in [0.25, 0.3) is 33.1 Å². The van der Waals surface area contributed by atoms with Gasteiger partial charge in [0.05, 0.1) is 22.5 Å². The van der Waals surface area contributed by atoms with Crippen LogP contribution in [-0.2, 0) is 5.41 Å². The Morgan fingerprint density at radius 2 is 1.18 bits per heavy atom. The summed E-state index contributed by atoms with van der Waals surface area (Å²) in [7, 11) is 0.